The van der Waals surface area contributed by atoms with Gasteiger partial charge in [-0.15, -0.1) is 0 Å². The molecule has 0 amide bonds. The number of anilines is 1. The summed E-state index contributed by atoms with van der Waals surface area (Å²) in [4.78, 5) is 0. The average Bonchev–Trinajstić information content (AvgIpc) is 2.39. The van der Waals surface area contributed by atoms with E-state index in [0.717, 1.165) is 11.3 Å². The summed E-state index contributed by atoms with van der Waals surface area (Å²) in [6.07, 6.45) is -0.0968. The zero-order chi connectivity index (χ0) is 12.5. The summed E-state index contributed by atoms with van der Waals surface area (Å²) in [6.45, 7) is 2.06. The molecule has 0 aliphatic carbocycles. The maximum Gasteiger partial charge on any atom is 0.146 e. The molecular formula is C15H14FNO. The van der Waals surface area contributed by atoms with Gasteiger partial charge < -0.3 is 10.1 Å². The van der Waals surface area contributed by atoms with Crippen LogP contribution in [-0.4, -0.2) is 6.04 Å². The van der Waals surface area contributed by atoms with Crippen LogP contribution in [0.2, 0.25) is 0 Å². The number of nitrogens with one attached hydrogen (secondary N) is 1. The number of fused-ring (bicyclic) bond motifs is 1. The van der Waals surface area contributed by atoms with Gasteiger partial charge >= 0.3 is 0 Å². The second kappa shape index (κ2) is 4.33. The molecule has 18 heavy (non-hydrogen) atoms. The molecule has 0 saturated heterocycles. The largest absolute Gasteiger partial charge is 0.481 e. The Morgan fingerprint density at radius 3 is 2.67 bits per heavy atom. The van der Waals surface area contributed by atoms with E-state index in [2.05, 4.69) is 12.2 Å². The molecule has 2 nitrogen and oxygen atoms in total. The summed E-state index contributed by atoms with van der Waals surface area (Å²) in [6, 6.07) is 14.7. The van der Waals surface area contributed by atoms with E-state index in [-0.39, 0.29) is 18.0 Å². The van der Waals surface area contributed by atoms with Crippen molar-refractivity contribution < 1.29 is 9.13 Å². The van der Waals surface area contributed by atoms with E-state index in [1.165, 1.54) is 12.1 Å². The smallest absolute Gasteiger partial charge is 0.146 e. The Bertz CT molecular complexity index is 556. The second-order valence-corrected chi connectivity index (χ2v) is 4.52. The fourth-order valence-corrected chi connectivity index (χ4v) is 2.27. The van der Waals surface area contributed by atoms with Gasteiger partial charge in [0.25, 0.3) is 0 Å². The molecule has 1 aliphatic heterocycles. The molecule has 0 bridgehead atoms. The first-order chi connectivity index (χ1) is 8.74. The number of hydrogen-bond acceptors (Lipinski definition) is 2. The number of benzene rings is 2. The molecule has 0 aromatic heterocycles. The highest BCUT2D eigenvalue weighted by Crippen LogP contribution is 2.37. The summed E-state index contributed by atoms with van der Waals surface area (Å²) < 4.78 is 19.1. The van der Waals surface area contributed by atoms with E-state index in [4.69, 9.17) is 4.74 Å². The van der Waals surface area contributed by atoms with E-state index in [1.54, 1.807) is 6.07 Å². The summed E-state index contributed by atoms with van der Waals surface area (Å²) in [5, 5.41) is 3.34. The lowest BCUT2D eigenvalue weighted by Crippen LogP contribution is -2.32. The van der Waals surface area contributed by atoms with E-state index >= 15 is 0 Å². The Balaban J connectivity index is 1.96. The minimum atomic E-state index is -0.281. The van der Waals surface area contributed by atoms with Crippen molar-refractivity contribution in [3.8, 4) is 5.75 Å². The van der Waals surface area contributed by atoms with Crippen molar-refractivity contribution >= 4 is 5.69 Å². The van der Waals surface area contributed by atoms with Crippen molar-refractivity contribution in [2.75, 3.05) is 5.32 Å². The van der Waals surface area contributed by atoms with Crippen LogP contribution >= 0.6 is 0 Å². The standard InChI is InChI=1S/C15H14FNO/c1-10-15(11-5-3-2-4-6-11)18-14-9-12(16)7-8-13(14)17-10/h2-10,15,17H,1H3. The fraction of sp³-hybridized carbons (Fsp3) is 0.200. The van der Waals surface area contributed by atoms with Gasteiger partial charge in [-0.25, -0.2) is 4.39 Å². The van der Waals surface area contributed by atoms with Gasteiger partial charge in [0.2, 0.25) is 0 Å². The summed E-state index contributed by atoms with van der Waals surface area (Å²) in [7, 11) is 0. The molecule has 2 aromatic carbocycles. The number of halogens is 1. The highest BCUT2D eigenvalue weighted by atomic mass is 19.1. The topological polar surface area (TPSA) is 21.3 Å². The lowest BCUT2D eigenvalue weighted by molar-refractivity contribution is 0.177. The molecular weight excluding hydrogens is 229 g/mol. The molecule has 1 heterocycles. The second-order valence-electron chi connectivity index (χ2n) is 4.52. The van der Waals surface area contributed by atoms with Gasteiger partial charge in [-0.05, 0) is 24.6 Å². The van der Waals surface area contributed by atoms with Crippen molar-refractivity contribution in [1.82, 2.24) is 0 Å². The molecule has 1 aliphatic rings. The Kier molecular flexibility index (Phi) is 2.67. The predicted octanol–water partition coefficient (Wildman–Crippen LogP) is 3.76. The molecule has 3 heteroatoms. The van der Waals surface area contributed by atoms with Crippen molar-refractivity contribution in [3.63, 3.8) is 0 Å². The first-order valence-electron chi connectivity index (χ1n) is 6.02. The molecule has 2 unspecified atom stereocenters. The van der Waals surface area contributed by atoms with Gasteiger partial charge in [0.15, 0.2) is 0 Å². The molecule has 2 atom stereocenters. The molecule has 0 fully saturated rings. The van der Waals surface area contributed by atoms with Crippen LogP contribution in [-0.2, 0) is 0 Å². The van der Waals surface area contributed by atoms with Gasteiger partial charge in [0.1, 0.15) is 17.7 Å². The first-order valence-corrected chi connectivity index (χ1v) is 6.02. The van der Waals surface area contributed by atoms with Crippen LogP contribution in [0.25, 0.3) is 0 Å². The lowest BCUT2D eigenvalue weighted by atomic mass is 10.0. The number of rotatable bonds is 1. The molecule has 0 saturated carbocycles. The fourth-order valence-electron chi connectivity index (χ4n) is 2.27. The third-order valence-corrected chi connectivity index (χ3v) is 3.16. The van der Waals surface area contributed by atoms with Gasteiger partial charge in [-0.2, -0.15) is 0 Å². The van der Waals surface area contributed by atoms with Crippen molar-refractivity contribution in [1.29, 1.82) is 0 Å². The Morgan fingerprint density at radius 1 is 1.11 bits per heavy atom. The third kappa shape index (κ3) is 1.92. The summed E-state index contributed by atoms with van der Waals surface area (Å²) >= 11 is 0. The quantitative estimate of drug-likeness (QED) is 0.823. The van der Waals surface area contributed by atoms with Crippen molar-refractivity contribution in [3.05, 3.63) is 59.9 Å². The van der Waals surface area contributed by atoms with Crippen LogP contribution in [0.5, 0.6) is 5.75 Å². The Morgan fingerprint density at radius 2 is 1.89 bits per heavy atom. The highest BCUT2D eigenvalue weighted by Gasteiger charge is 2.27. The maximum atomic E-state index is 13.2. The SMILES string of the molecule is CC1Nc2ccc(F)cc2OC1c1ccccc1. The van der Waals surface area contributed by atoms with E-state index in [0.29, 0.717) is 5.75 Å². The van der Waals surface area contributed by atoms with E-state index < -0.39 is 0 Å². The predicted molar refractivity (Wildman–Crippen MR) is 69.3 cm³/mol. The molecule has 3 rings (SSSR count). The van der Waals surface area contributed by atoms with Crippen LogP contribution in [0, 0.1) is 5.82 Å². The van der Waals surface area contributed by atoms with Gasteiger partial charge in [0.05, 0.1) is 11.7 Å². The van der Waals surface area contributed by atoms with Gasteiger partial charge in [0, 0.05) is 6.07 Å². The van der Waals surface area contributed by atoms with Crippen LogP contribution in [0.3, 0.4) is 0 Å². The number of ether oxygens (including phenoxy) is 1. The molecule has 1 N–H and O–H groups in total. The Labute approximate surface area is 105 Å². The van der Waals surface area contributed by atoms with Crippen molar-refractivity contribution in [2.24, 2.45) is 0 Å². The minimum Gasteiger partial charge on any atom is -0.481 e. The first kappa shape index (κ1) is 11.1. The maximum absolute atomic E-state index is 13.2. The van der Waals surface area contributed by atoms with E-state index in [9.17, 15) is 4.39 Å². The molecule has 0 spiro atoms. The van der Waals surface area contributed by atoms with Crippen LogP contribution in [0.15, 0.2) is 48.5 Å². The van der Waals surface area contributed by atoms with Crippen LogP contribution < -0.4 is 10.1 Å². The number of hydrogen-bond donors (Lipinski definition) is 1. The summed E-state index contributed by atoms with van der Waals surface area (Å²) in [5.41, 5.74) is 1.93. The van der Waals surface area contributed by atoms with Crippen molar-refractivity contribution in [2.45, 2.75) is 19.1 Å². The van der Waals surface area contributed by atoms with Crippen LogP contribution in [0.4, 0.5) is 10.1 Å². The Hall–Kier alpha value is -2.03. The molecule has 0 radical (unpaired) electrons. The monoisotopic (exact) mass is 243 g/mol. The minimum absolute atomic E-state index is 0.0968. The molecule has 92 valence electrons. The summed E-state index contributed by atoms with van der Waals surface area (Å²) in [5.74, 6) is 0.291. The highest BCUT2D eigenvalue weighted by molar-refractivity contribution is 5.59. The normalized spacial score (nSPS) is 21.7. The zero-order valence-electron chi connectivity index (χ0n) is 10.1. The lowest BCUT2D eigenvalue weighted by Gasteiger charge is -2.33. The van der Waals surface area contributed by atoms with Gasteiger partial charge in [-0.3, -0.25) is 0 Å². The third-order valence-electron chi connectivity index (χ3n) is 3.16. The zero-order valence-corrected chi connectivity index (χ0v) is 10.1. The molecule has 2 aromatic rings. The van der Waals surface area contributed by atoms with Gasteiger partial charge in [-0.1, -0.05) is 30.3 Å². The van der Waals surface area contributed by atoms with Crippen LogP contribution in [0.1, 0.15) is 18.6 Å². The van der Waals surface area contributed by atoms with E-state index in [1.807, 2.05) is 30.3 Å². The average molecular weight is 243 g/mol.